The van der Waals surface area contributed by atoms with E-state index in [9.17, 15) is 38.4 Å². The number of imide groups is 1. The number of unbranched alkanes of at least 4 members (excludes halogenated alkanes) is 2. The molecule has 414 valence electrons. The standard InChI is InChI=1S/C58H87N7O10/c1-13-40(6)54(47(74-11)36-51(70)64-33-20-23-46(64)55(75-12)41(7)56(71)59-44(37-66)35-43-21-16-14-17-22-43)63(10)58(73)52(38(2)3)60-57(72)53(39(4)5)61(8)34-31-42-25-27-45(28-26-42)62(9)48(67)24-18-15-19-32-65-49(68)29-30-50(65)69/h14,16-17,21-22,25-30,37-41,44,46-47,52-55H,13,15,18-20,23-24,31-36H2,1-12H3,(H,59,71)(H,60,72)/t40?,41-,44+,46+,47-,52+,53+,54+,55-/m1/s1. The summed E-state index contributed by atoms with van der Waals surface area (Å²) in [5.41, 5.74) is 2.72. The maximum atomic E-state index is 14.7. The normalized spacial score (nSPS) is 17.9. The molecule has 1 fully saturated rings. The zero-order valence-corrected chi connectivity index (χ0v) is 46.8. The number of likely N-dealkylation sites (N-methyl/N-ethyl adjacent to an activating group) is 2. The molecule has 0 saturated carbocycles. The van der Waals surface area contributed by atoms with Crippen LogP contribution in [0.5, 0.6) is 0 Å². The van der Waals surface area contributed by atoms with Crippen molar-refractivity contribution in [2.75, 3.05) is 59.9 Å². The number of ether oxygens (including phenoxy) is 2. The van der Waals surface area contributed by atoms with E-state index in [-0.39, 0.29) is 65.5 Å². The second kappa shape index (κ2) is 30.1. The molecule has 0 aromatic heterocycles. The number of carbonyl (C=O) groups excluding carboxylic acids is 8. The van der Waals surface area contributed by atoms with Gasteiger partial charge >= 0.3 is 0 Å². The molecule has 17 nitrogen and oxygen atoms in total. The van der Waals surface area contributed by atoms with Gasteiger partial charge < -0.3 is 39.6 Å². The van der Waals surface area contributed by atoms with Gasteiger partial charge in [-0.25, -0.2) is 0 Å². The summed E-state index contributed by atoms with van der Waals surface area (Å²) in [5, 5.41) is 6.00. The van der Waals surface area contributed by atoms with Crippen molar-refractivity contribution >= 4 is 53.3 Å². The fourth-order valence-corrected chi connectivity index (χ4v) is 10.6. The molecule has 2 heterocycles. The van der Waals surface area contributed by atoms with Crippen molar-refractivity contribution in [1.82, 2.24) is 30.2 Å². The third-order valence-corrected chi connectivity index (χ3v) is 15.3. The van der Waals surface area contributed by atoms with E-state index in [1.165, 1.54) is 24.2 Å². The quantitative estimate of drug-likeness (QED) is 0.0541. The number of hydrogen-bond acceptors (Lipinski definition) is 11. The summed E-state index contributed by atoms with van der Waals surface area (Å²) >= 11 is 0. The Kier molecular flexibility index (Phi) is 24.8. The van der Waals surface area contributed by atoms with Gasteiger partial charge in [0.1, 0.15) is 12.3 Å². The van der Waals surface area contributed by atoms with Gasteiger partial charge in [-0.2, -0.15) is 0 Å². The highest BCUT2D eigenvalue weighted by Gasteiger charge is 2.43. The third-order valence-electron chi connectivity index (χ3n) is 15.3. The Morgan fingerprint density at radius 1 is 0.800 bits per heavy atom. The highest BCUT2D eigenvalue weighted by Crippen LogP contribution is 2.30. The molecule has 17 heteroatoms. The van der Waals surface area contributed by atoms with Crippen LogP contribution in [0.1, 0.15) is 111 Å². The molecule has 1 unspecified atom stereocenters. The van der Waals surface area contributed by atoms with E-state index >= 15 is 0 Å². The molecular formula is C58H87N7O10. The molecule has 7 amide bonds. The lowest BCUT2D eigenvalue weighted by molar-refractivity contribution is -0.148. The van der Waals surface area contributed by atoms with Crippen LogP contribution < -0.4 is 15.5 Å². The van der Waals surface area contributed by atoms with Crippen molar-refractivity contribution in [3.8, 4) is 0 Å². The fraction of sp³-hybridized carbons (Fsp3) is 0.621. The summed E-state index contributed by atoms with van der Waals surface area (Å²) in [6, 6.07) is 14.2. The number of hydrogen-bond donors (Lipinski definition) is 2. The number of methoxy groups -OCH3 is 2. The first-order valence-electron chi connectivity index (χ1n) is 27.0. The van der Waals surface area contributed by atoms with Crippen molar-refractivity contribution in [1.29, 1.82) is 0 Å². The van der Waals surface area contributed by atoms with Gasteiger partial charge in [0.15, 0.2) is 0 Å². The highest BCUT2D eigenvalue weighted by molar-refractivity contribution is 6.12. The molecule has 2 aromatic carbocycles. The van der Waals surface area contributed by atoms with Gasteiger partial charge in [-0.05, 0) is 86.6 Å². The largest absolute Gasteiger partial charge is 0.379 e. The van der Waals surface area contributed by atoms with Crippen LogP contribution in [0.15, 0.2) is 66.7 Å². The minimum atomic E-state index is -0.863. The van der Waals surface area contributed by atoms with E-state index in [4.69, 9.17) is 9.47 Å². The van der Waals surface area contributed by atoms with Crippen LogP contribution in [-0.4, -0.2) is 165 Å². The Balaban J connectivity index is 1.36. The highest BCUT2D eigenvalue weighted by atomic mass is 16.5. The number of nitrogens with zero attached hydrogens (tertiary/aromatic N) is 5. The monoisotopic (exact) mass is 1040 g/mol. The first kappa shape index (κ1) is 61.8. The zero-order chi connectivity index (χ0) is 55.5. The molecule has 2 aromatic rings. The maximum absolute atomic E-state index is 14.7. The Morgan fingerprint density at radius 3 is 2.03 bits per heavy atom. The molecule has 0 radical (unpaired) electrons. The number of rotatable bonds is 31. The molecule has 2 N–H and O–H groups in total. The first-order chi connectivity index (χ1) is 35.7. The Morgan fingerprint density at radius 2 is 1.45 bits per heavy atom. The van der Waals surface area contributed by atoms with Crippen molar-refractivity contribution in [2.45, 2.75) is 155 Å². The van der Waals surface area contributed by atoms with E-state index < -0.39 is 48.3 Å². The third kappa shape index (κ3) is 17.1. The molecule has 4 rings (SSSR count). The predicted octanol–water partition coefficient (Wildman–Crippen LogP) is 5.62. The van der Waals surface area contributed by atoms with Gasteiger partial charge in [-0.3, -0.25) is 43.4 Å². The molecule has 1 saturated heterocycles. The van der Waals surface area contributed by atoms with E-state index in [1.54, 1.807) is 42.8 Å². The second-order valence-corrected chi connectivity index (χ2v) is 21.3. The summed E-state index contributed by atoms with van der Waals surface area (Å²) < 4.78 is 12.1. The molecule has 75 heavy (non-hydrogen) atoms. The maximum Gasteiger partial charge on any atom is 0.253 e. The van der Waals surface area contributed by atoms with Crippen molar-refractivity contribution < 1.29 is 47.8 Å². The summed E-state index contributed by atoms with van der Waals surface area (Å²) in [4.78, 5) is 114. The van der Waals surface area contributed by atoms with E-state index in [1.807, 2.05) is 108 Å². The number of likely N-dealkylation sites (tertiary alicyclic amines) is 1. The summed E-state index contributed by atoms with van der Waals surface area (Å²) in [7, 11) is 8.46. The van der Waals surface area contributed by atoms with Crippen LogP contribution >= 0.6 is 0 Å². The number of nitrogens with one attached hydrogen (secondary N) is 2. The van der Waals surface area contributed by atoms with Crippen LogP contribution in [0.4, 0.5) is 5.69 Å². The van der Waals surface area contributed by atoms with Gasteiger partial charge in [0.2, 0.25) is 29.5 Å². The number of anilines is 1. The van der Waals surface area contributed by atoms with Gasteiger partial charge in [0, 0.05) is 72.2 Å². The average Bonchev–Trinajstić information content (AvgIpc) is 4.01. The average molecular weight is 1040 g/mol. The van der Waals surface area contributed by atoms with Crippen molar-refractivity contribution in [3.05, 3.63) is 77.9 Å². The van der Waals surface area contributed by atoms with Crippen molar-refractivity contribution in [2.24, 2.45) is 23.7 Å². The lowest BCUT2D eigenvalue weighted by Crippen LogP contribution is -2.60. The number of amides is 7. The van der Waals surface area contributed by atoms with Crippen LogP contribution in [0.3, 0.4) is 0 Å². The number of carbonyl (C=O) groups is 8. The smallest absolute Gasteiger partial charge is 0.253 e. The summed E-state index contributed by atoms with van der Waals surface area (Å²) in [5.74, 6) is -2.78. The predicted molar refractivity (Wildman–Crippen MR) is 290 cm³/mol. The molecule has 0 spiro atoms. The minimum absolute atomic E-state index is 0.0217. The SMILES string of the molecule is CCC(C)[C@@H]([C@@H](CC(=O)N1CCC[C@H]1[C@H](OC)[C@@H](C)C(=O)N[C@H](C=O)Cc1ccccc1)OC)N(C)C(=O)[C@@H](NC(=O)[C@H](C(C)C)N(C)CCc1ccc(N(C)C(=O)CCCCCN2C(=O)C=CC2=O)cc1)C(C)C. The molecule has 0 aliphatic carbocycles. The Bertz CT molecular complexity index is 2220. The molecular weight excluding hydrogens is 955 g/mol. The van der Waals surface area contributed by atoms with Crippen LogP contribution in [-0.2, 0) is 60.7 Å². The Hall–Kier alpha value is -5.78. The van der Waals surface area contributed by atoms with E-state index in [2.05, 4.69) is 10.6 Å². The zero-order valence-electron chi connectivity index (χ0n) is 46.8. The molecule has 2 aliphatic heterocycles. The molecule has 9 atom stereocenters. The summed E-state index contributed by atoms with van der Waals surface area (Å²) in [6.07, 6.45) is 7.31. The van der Waals surface area contributed by atoms with E-state index in [0.29, 0.717) is 71.0 Å². The van der Waals surface area contributed by atoms with Gasteiger partial charge in [-0.15, -0.1) is 0 Å². The van der Waals surface area contributed by atoms with Crippen LogP contribution in [0.2, 0.25) is 0 Å². The van der Waals surface area contributed by atoms with Gasteiger partial charge in [0.25, 0.3) is 11.8 Å². The van der Waals surface area contributed by atoms with Crippen LogP contribution in [0.25, 0.3) is 0 Å². The lowest BCUT2D eigenvalue weighted by Gasteiger charge is -2.41. The summed E-state index contributed by atoms with van der Waals surface area (Å²) in [6.45, 7) is 15.0. The van der Waals surface area contributed by atoms with Crippen molar-refractivity contribution in [3.63, 3.8) is 0 Å². The molecule has 0 bridgehead atoms. The first-order valence-corrected chi connectivity index (χ1v) is 27.0. The molecule has 2 aliphatic rings. The minimum Gasteiger partial charge on any atom is -0.379 e. The Labute approximate surface area is 446 Å². The van der Waals surface area contributed by atoms with E-state index in [0.717, 1.165) is 29.5 Å². The number of benzene rings is 2. The van der Waals surface area contributed by atoms with Gasteiger partial charge in [-0.1, -0.05) is 104 Å². The van der Waals surface area contributed by atoms with Gasteiger partial charge in [0.05, 0.1) is 48.7 Å². The number of aldehydes is 1. The fourth-order valence-electron chi connectivity index (χ4n) is 10.6. The lowest BCUT2D eigenvalue weighted by atomic mass is 9.89. The topological polar surface area (TPSA) is 195 Å². The van der Waals surface area contributed by atoms with Crippen LogP contribution in [0, 0.1) is 23.7 Å². The second-order valence-electron chi connectivity index (χ2n) is 21.3.